The smallest absolute Gasteiger partial charge is 0.0273 e. The molecule has 216 valence electrons. The van der Waals surface area contributed by atoms with E-state index in [1.54, 1.807) is 44.5 Å². The lowest BCUT2D eigenvalue weighted by atomic mass is 9.84. The number of hydrogen-bond acceptors (Lipinski definition) is 0. The van der Waals surface area contributed by atoms with Crippen molar-refractivity contribution in [1.29, 1.82) is 0 Å². The SMILES string of the molecule is c1cc2ccc1CCCc1cc3c(cc1CCCc1cc4c(cc1CCCc1ccc(cc1)CCC4)CCC3)CCC2. The molecule has 4 aromatic carbocycles. The molecule has 12 bridgehead atoms. The Balaban J connectivity index is 1.18. The van der Waals surface area contributed by atoms with Gasteiger partial charge in [-0.3, -0.25) is 0 Å². The molecule has 16 rings (SSSR count). The van der Waals surface area contributed by atoms with Crippen molar-refractivity contribution in [2.75, 3.05) is 0 Å². The molecule has 4 aromatic rings. The fraction of sp³-hybridized carbons (Fsp3) is 0.429. The standard InChI is InChI=1S/C42H48/c1-7-31-19-21-32(22-20-31)8-2-12-36-28-39-15-5-17-41-29-38-14-4-10-34-25-23-33(24-26-34)9-3-13-37(41)30-42(38)18-6-16-40(36)27-35(39)11-1/h19-30H,1-18H2. The molecule has 42 heavy (non-hydrogen) atoms. The molecule has 0 unspecified atom stereocenters. The third-order valence-electron chi connectivity index (χ3n) is 10.5. The molecule has 0 saturated heterocycles. The van der Waals surface area contributed by atoms with Crippen LogP contribution < -0.4 is 0 Å². The third kappa shape index (κ3) is 6.59. The molecule has 0 atom stereocenters. The van der Waals surface area contributed by atoms with E-state index in [1.165, 1.54) is 138 Å². The van der Waals surface area contributed by atoms with Gasteiger partial charge in [-0.2, -0.15) is 0 Å². The largest absolute Gasteiger partial charge is 0.0588 e. The molecule has 0 nitrogen and oxygen atoms in total. The number of hydrogen-bond donors (Lipinski definition) is 0. The molecule has 0 heterocycles. The van der Waals surface area contributed by atoms with Gasteiger partial charge in [0.15, 0.2) is 0 Å². The maximum atomic E-state index is 2.67. The molecule has 0 aliphatic heterocycles. The summed E-state index contributed by atoms with van der Waals surface area (Å²) in [6.45, 7) is 0. The minimum Gasteiger partial charge on any atom is -0.0588 e. The van der Waals surface area contributed by atoms with Crippen LogP contribution in [0, 0.1) is 0 Å². The average Bonchev–Trinajstić information content (AvgIpc) is 3.01. The third-order valence-corrected chi connectivity index (χ3v) is 10.5. The van der Waals surface area contributed by atoms with E-state index in [0.717, 1.165) is 0 Å². The number of aryl methyl sites for hydroxylation is 12. The highest BCUT2D eigenvalue weighted by molar-refractivity contribution is 5.42. The minimum absolute atomic E-state index is 1.19. The van der Waals surface area contributed by atoms with Gasteiger partial charge in [-0.1, -0.05) is 72.8 Å². The van der Waals surface area contributed by atoms with Crippen molar-refractivity contribution in [2.24, 2.45) is 0 Å². The highest BCUT2D eigenvalue weighted by Crippen LogP contribution is 2.29. The monoisotopic (exact) mass is 552 g/mol. The van der Waals surface area contributed by atoms with Crippen LogP contribution in [0.2, 0.25) is 0 Å². The van der Waals surface area contributed by atoms with Crippen LogP contribution in [0.3, 0.4) is 0 Å². The van der Waals surface area contributed by atoms with Gasteiger partial charge < -0.3 is 0 Å². The lowest BCUT2D eigenvalue weighted by Gasteiger charge is -2.21. The van der Waals surface area contributed by atoms with E-state index >= 15 is 0 Å². The first-order valence-electron chi connectivity index (χ1n) is 17.2. The predicted molar refractivity (Wildman–Crippen MR) is 178 cm³/mol. The highest BCUT2D eigenvalue weighted by atomic mass is 14.2. The maximum absolute atomic E-state index is 2.67. The Labute approximate surface area is 254 Å². The Bertz CT molecular complexity index is 1270. The second-order valence-corrected chi connectivity index (χ2v) is 13.5. The lowest BCUT2D eigenvalue weighted by molar-refractivity contribution is 0.727. The van der Waals surface area contributed by atoms with E-state index in [0.29, 0.717) is 0 Å². The molecule has 0 saturated carbocycles. The quantitative estimate of drug-likeness (QED) is 0.204. The first-order valence-corrected chi connectivity index (χ1v) is 17.2. The lowest BCUT2D eigenvalue weighted by Crippen LogP contribution is -2.09. The van der Waals surface area contributed by atoms with Gasteiger partial charge in [0.2, 0.25) is 0 Å². The van der Waals surface area contributed by atoms with Gasteiger partial charge in [-0.15, -0.1) is 0 Å². The average molecular weight is 553 g/mol. The number of rotatable bonds is 0. The van der Waals surface area contributed by atoms with Crippen molar-refractivity contribution in [3.63, 3.8) is 0 Å². The van der Waals surface area contributed by atoms with Crippen molar-refractivity contribution in [2.45, 2.75) is 116 Å². The van der Waals surface area contributed by atoms with Crippen LogP contribution in [-0.4, -0.2) is 0 Å². The minimum atomic E-state index is 1.19. The van der Waals surface area contributed by atoms with Gasteiger partial charge in [0, 0.05) is 0 Å². The van der Waals surface area contributed by atoms with E-state index in [2.05, 4.69) is 72.8 Å². The zero-order valence-electron chi connectivity index (χ0n) is 25.7. The zero-order valence-corrected chi connectivity index (χ0v) is 25.7. The van der Waals surface area contributed by atoms with Crippen LogP contribution in [0.4, 0.5) is 0 Å². The van der Waals surface area contributed by atoms with Crippen molar-refractivity contribution in [3.05, 3.63) is 140 Å². The molecule has 0 fully saturated rings. The van der Waals surface area contributed by atoms with Gasteiger partial charge >= 0.3 is 0 Å². The van der Waals surface area contributed by atoms with E-state index in [-0.39, 0.29) is 0 Å². The topological polar surface area (TPSA) is 0 Å². The van der Waals surface area contributed by atoms with Crippen LogP contribution in [0.5, 0.6) is 0 Å². The fourth-order valence-electron chi connectivity index (χ4n) is 8.06. The maximum Gasteiger partial charge on any atom is -0.0273 e. The van der Waals surface area contributed by atoms with Gasteiger partial charge in [0.25, 0.3) is 0 Å². The van der Waals surface area contributed by atoms with Crippen LogP contribution in [0.1, 0.15) is 105 Å². The predicted octanol–water partition coefficient (Wildman–Crippen LogP) is 9.68. The molecule has 12 aliphatic rings. The summed E-state index contributed by atoms with van der Waals surface area (Å²) >= 11 is 0. The Morgan fingerprint density at radius 3 is 0.571 bits per heavy atom. The van der Waals surface area contributed by atoms with Crippen LogP contribution in [0.15, 0.2) is 72.8 Å². The van der Waals surface area contributed by atoms with E-state index in [1.807, 2.05) is 0 Å². The van der Waals surface area contributed by atoms with Crippen molar-refractivity contribution in [3.8, 4) is 0 Å². The fourth-order valence-corrected chi connectivity index (χ4v) is 8.06. The van der Waals surface area contributed by atoms with Crippen molar-refractivity contribution >= 4 is 0 Å². The van der Waals surface area contributed by atoms with Gasteiger partial charge in [-0.25, -0.2) is 0 Å². The van der Waals surface area contributed by atoms with Crippen molar-refractivity contribution < 1.29 is 0 Å². The Morgan fingerprint density at radius 1 is 0.214 bits per heavy atom. The second-order valence-electron chi connectivity index (χ2n) is 13.5. The summed E-state index contributed by atoms with van der Waals surface area (Å²) in [5.74, 6) is 0. The Hall–Kier alpha value is -3.12. The van der Waals surface area contributed by atoms with Gasteiger partial charge in [0.05, 0.1) is 0 Å². The molecule has 0 amide bonds. The summed E-state index contributed by atoms with van der Waals surface area (Å²) in [4.78, 5) is 0. The Kier molecular flexibility index (Phi) is 8.59. The zero-order chi connectivity index (χ0) is 28.1. The molecular weight excluding hydrogens is 504 g/mol. The summed E-state index contributed by atoms with van der Waals surface area (Å²) in [7, 11) is 0. The molecule has 0 heteroatoms. The summed E-state index contributed by atoms with van der Waals surface area (Å²) in [6.07, 6.45) is 22.1. The molecule has 0 N–H and O–H groups in total. The molecule has 12 aliphatic carbocycles. The first-order chi connectivity index (χ1) is 20.8. The van der Waals surface area contributed by atoms with Crippen LogP contribution in [-0.2, 0) is 77.0 Å². The molecule has 0 spiro atoms. The van der Waals surface area contributed by atoms with Gasteiger partial charge in [-0.05, 0) is 182 Å². The van der Waals surface area contributed by atoms with Crippen LogP contribution >= 0.6 is 0 Å². The summed E-state index contributed by atoms with van der Waals surface area (Å²) in [6, 6.07) is 29.7. The molecule has 0 aromatic heterocycles. The Morgan fingerprint density at radius 2 is 0.381 bits per heavy atom. The summed E-state index contributed by atoms with van der Waals surface area (Å²) in [5, 5.41) is 0. The van der Waals surface area contributed by atoms with Crippen molar-refractivity contribution in [1.82, 2.24) is 0 Å². The highest BCUT2D eigenvalue weighted by Gasteiger charge is 2.16. The summed E-state index contributed by atoms with van der Waals surface area (Å²) in [5.41, 5.74) is 19.2. The molecule has 0 radical (unpaired) electrons. The van der Waals surface area contributed by atoms with E-state index in [9.17, 15) is 0 Å². The van der Waals surface area contributed by atoms with Gasteiger partial charge in [0.1, 0.15) is 0 Å². The second kappa shape index (κ2) is 13.0. The van der Waals surface area contributed by atoms with Crippen LogP contribution in [0.25, 0.3) is 0 Å². The normalized spacial score (nSPS) is 17.7. The van der Waals surface area contributed by atoms with E-state index < -0.39 is 0 Å². The van der Waals surface area contributed by atoms with E-state index in [4.69, 9.17) is 0 Å². The molecular formula is C42H48. The summed E-state index contributed by atoms with van der Waals surface area (Å²) < 4.78 is 0. The number of benzene rings is 4. The first kappa shape index (κ1) is 27.7.